The summed E-state index contributed by atoms with van der Waals surface area (Å²) in [6, 6.07) is 0.446. The predicted molar refractivity (Wildman–Crippen MR) is 81.6 cm³/mol. The average Bonchev–Trinajstić information content (AvgIpc) is 3.37. The van der Waals surface area contributed by atoms with Gasteiger partial charge in [0.1, 0.15) is 0 Å². The summed E-state index contributed by atoms with van der Waals surface area (Å²) < 4.78 is 0. The number of hydrogen-bond donors (Lipinski definition) is 2. The molecule has 0 radical (unpaired) electrons. The van der Waals surface area contributed by atoms with Crippen molar-refractivity contribution in [3.63, 3.8) is 0 Å². The minimum absolute atomic E-state index is 0.166. The fourth-order valence-corrected chi connectivity index (χ4v) is 3.69. The van der Waals surface area contributed by atoms with Crippen molar-refractivity contribution in [1.82, 2.24) is 10.6 Å². The summed E-state index contributed by atoms with van der Waals surface area (Å²) in [5.74, 6) is 2.22. The lowest BCUT2D eigenvalue weighted by Crippen LogP contribution is -2.30. The third kappa shape index (κ3) is 4.45. The largest absolute Gasteiger partial charge is 0.356 e. The van der Waals surface area contributed by atoms with Crippen molar-refractivity contribution < 1.29 is 9.59 Å². The Kier molecular flexibility index (Phi) is 4.81. The average molecular weight is 292 g/mol. The lowest BCUT2D eigenvalue weighted by atomic mass is 9.85. The third-order valence-corrected chi connectivity index (χ3v) is 5.27. The van der Waals surface area contributed by atoms with Crippen molar-refractivity contribution in [2.45, 2.75) is 70.3 Å². The van der Waals surface area contributed by atoms with E-state index < -0.39 is 0 Å². The van der Waals surface area contributed by atoms with Crippen LogP contribution in [0.25, 0.3) is 0 Å². The number of amides is 2. The molecule has 0 aromatic rings. The molecule has 2 atom stereocenters. The van der Waals surface area contributed by atoms with Gasteiger partial charge in [0, 0.05) is 24.9 Å². The van der Waals surface area contributed by atoms with Gasteiger partial charge in [0.2, 0.25) is 11.8 Å². The zero-order chi connectivity index (χ0) is 14.7. The van der Waals surface area contributed by atoms with Crippen molar-refractivity contribution >= 4 is 11.8 Å². The summed E-state index contributed by atoms with van der Waals surface area (Å²) in [5, 5.41) is 6.08. The molecular formula is C17H28N2O2. The minimum Gasteiger partial charge on any atom is -0.356 e. The van der Waals surface area contributed by atoms with Crippen LogP contribution >= 0.6 is 0 Å². The summed E-state index contributed by atoms with van der Waals surface area (Å²) in [7, 11) is 0. The molecule has 0 aromatic heterocycles. The zero-order valence-electron chi connectivity index (χ0n) is 12.9. The van der Waals surface area contributed by atoms with Crippen LogP contribution < -0.4 is 10.6 Å². The van der Waals surface area contributed by atoms with E-state index in [1.54, 1.807) is 0 Å². The van der Waals surface area contributed by atoms with Crippen molar-refractivity contribution in [3.8, 4) is 0 Å². The van der Waals surface area contributed by atoms with Crippen LogP contribution in [0, 0.1) is 17.8 Å². The van der Waals surface area contributed by atoms with Crippen LogP contribution in [-0.2, 0) is 9.59 Å². The molecule has 0 spiro atoms. The second-order valence-electron chi connectivity index (χ2n) is 7.14. The highest BCUT2D eigenvalue weighted by atomic mass is 16.2. The molecule has 0 saturated heterocycles. The first-order valence-corrected chi connectivity index (χ1v) is 8.81. The van der Waals surface area contributed by atoms with Gasteiger partial charge in [-0.05, 0) is 37.5 Å². The van der Waals surface area contributed by atoms with Crippen LogP contribution in [-0.4, -0.2) is 24.4 Å². The van der Waals surface area contributed by atoms with Gasteiger partial charge < -0.3 is 10.6 Å². The topological polar surface area (TPSA) is 58.2 Å². The molecule has 0 unspecified atom stereocenters. The summed E-state index contributed by atoms with van der Waals surface area (Å²) in [6.07, 6.45) is 11.4. The number of nitrogens with one attached hydrogen (secondary N) is 2. The Bertz CT molecular complexity index is 386. The van der Waals surface area contributed by atoms with E-state index in [0.717, 1.165) is 31.1 Å². The Morgan fingerprint density at radius 3 is 2.48 bits per heavy atom. The monoisotopic (exact) mass is 292 g/mol. The molecule has 118 valence electrons. The first-order valence-electron chi connectivity index (χ1n) is 8.81. The van der Waals surface area contributed by atoms with E-state index in [0.29, 0.717) is 19.0 Å². The molecule has 0 aliphatic heterocycles. The molecule has 2 amide bonds. The van der Waals surface area contributed by atoms with Gasteiger partial charge in [-0.1, -0.05) is 32.1 Å². The Morgan fingerprint density at radius 1 is 1.00 bits per heavy atom. The van der Waals surface area contributed by atoms with Crippen LogP contribution in [0.15, 0.2) is 0 Å². The number of hydrogen-bond acceptors (Lipinski definition) is 2. The lowest BCUT2D eigenvalue weighted by molar-refractivity contribution is -0.123. The Balaban J connectivity index is 1.24. The highest BCUT2D eigenvalue weighted by Gasteiger charge is 2.43. The van der Waals surface area contributed by atoms with Crippen LogP contribution in [0.1, 0.15) is 64.2 Å². The SMILES string of the molecule is O=C(CCCNC(=O)C1CC1)N[C@H]1C[C@H]1C1CCCCC1. The summed E-state index contributed by atoms with van der Waals surface area (Å²) in [5.41, 5.74) is 0. The van der Waals surface area contributed by atoms with Gasteiger partial charge in [-0.3, -0.25) is 9.59 Å². The summed E-state index contributed by atoms with van der Waals surface area (Å²) in [4.78, 5) is 23.3. The Morgan fingerprint density at radius 2 is 1.76 bits per heavy atom. The first kappa shape index (κ1) is 14.9. The summed E-state index contributed by atoms with van der Waals surface area (Å²) in [6.45, 7) is 0.638. The molecule has 0 heterocycles. The molecule has 0 aromatic carbocycles. The predicted octanol–water partition coefficient (Wildman–Crippen LogP) is 2.38. The van der Waals surface area contributed by atoms with E-state index in [1.807, 2.05) is 0 Å². The van der Waals surface area contributed by atoms with Crippen molar-refractivity contribution in [3.05, 3.63) is 0 Å². The second-order valence-corrected chi connectivity index (χ2v) is 7.14. The number of rotatable bonds is 7. The maximum atomic E-state index is 11.9. The first-order chi connectivity index (χ1) is 10.2. The molecule has 3 aliphatic rings. The van der Waals surface area contributed by atoms with Crippen LogP contribution in [0.3, 0.4) is 0 Å². The van der Waals surface area contributed by atoms with Gasteiger partial charge in [-0.15, -0.1) is 0 Å². The van der Waals surface area contributed by atoms with Gasteiger partial charge in [0.05, 0.1) is 0 Å². The van der Waals surface area contributed by atoms with E-state index in [2.05, 4.69) is 10.6 Å². The molecule has 4 nitrogen and oxygen atoms in total. The van der Waals surface area contributed by atoms with Crippen molar-refractivity contribution in [2.75, 3.05) is 6.54 Å². The van der Waals surface area contributed by atoms with Gasteiger partial charge in [-0.25, -0.2) is 0 Å². The van der Waals surface area contributed by atoms with E-state index in [4.69, 9.17) is 0 Å². The maximum absolute atomic E-state index is 11.9. The van der Waals surface area contributed by atoms with E-state index in [-0.39, 0.29) is 17.7 Å². The van der Waals surface area contributed by atoms with E-state index in [9.17, 15) is 9.59 Å². The van der Waals surface area contributed by atoms with Crippen molar-refractivity contribution in [2.24, 2.45) is 17.8 Å². The minimum atomic E-state index is 0.166. The van der Waals surface area contributed by atoms with Crippen LogP contribution in [0.2, 0.25) is 0 Å². The van der Waals surface area contributed by atoms with Gasteiger partial charge in [0.15, 0.2) is 0 Å². The van der Waals surface area contributed by atoms with E-state index >= 15 is 0 Å². The van der Waals surface area contributed by atoms with Gasteiger partial charge in [-0.2, -0.15) is 0 Å². The van der Waals surface area contributed by atoms with Crippen molar-refractivity contribution in [1.29, 1.82) is 0 Å². The molecule has 21 heavy (non-hydrogen) atoms. The molecular weight excluding hydrogens is 264 g/mol. The highest BCUT2D eigenvalue weighted by Crippen LogP contribution is 2.44. The van der Waals surface area contributed by atoms with E-state index in [1.165, 1.54) is 38.5 Å². The molecule has 3 saturated carbocycles. The standard InChI is InChI=1S/C17H28N2O2/c20-16(7-4-10-18-17(21)13-8-9-13)19-15-11-14(15)12-5-2-1-3-6-12/h12-15H,1-11H2,(H,18,21)(H,19,20)/t14-,15-/m0/s1. The molecule has 3 fully saturated rings. The zero-order valence-corrected chi connectivity index (χ0v) is 12.9. The number of carbonyl (C=O) groups excluding carboxylic acids is 2. The Labute approximate surface area is 127 Å². The third-order valence-electron chi connectivity index (χ3n) is 5.27. The fourth-order valence-electron chi connectivity index (χ4n) is 3.69. The molecule has 3 rings (SSSR count). The second kappa shape index (κ2) is 6.80. The number of carbonyl (C=O) groups is 2. The molecule has 2 N–H and O–H groups in total. The lowest BCUT2D eigenvalue weighted by Gasteiger charge is -2.21. The maximum Gasteiger partial charge on any atom is 0.223 e. The highest BCUT2D eigenvalue weighted by molar-refractivity contribution is 5.81. The quantitative estimate of drug-likeness (QED) is 0.708. The van der Waals surface area contributed by atoms with Gasteiger partial charge in [0.25, 0.3) is 0 Å². The molecule has 4 heteroatoms. The smallest absolute Gasteiger partial charge is 0.223 e. The molecule has 0 bridgehead atoms. The fraction of sp³-hybridized carbons (Fsp3) is 0.882. The normalized spacial score (nSPS) is 29.0. The van der Waals surface area contributed by atoms with Crippen LogP contribution in [0.4, 0.5) is 0 Å². The Hall–Kier alpha value is -1.06. The van der Waals surface area contributed by atoms with Gasteiger partial charge >= 0.3 is 0 Å². The van der Waals surface area contributed by atoms with Crippen LogP contribution in [0.5, 0.6) is 0 Å². The molecule has 3 aliphatic carbocycles. The summed E-state index contributed by atoms with van der Waals surface area (Å²) >= 11 is 0.